The van der Waals surface area contributed by atoms with Crippen LogP contribution in [0.5, 0.6) is 0 Å². The Kier molecular flexibility index (Phi) is 4.04. The largest absolute Gasteiger partial charge is 0.394 e. The molecule has 0 bridgehead atoms. The predicted molar refractivity (Wildman–Crippen MR) is 90.9 cm³/mol. The minimum absolute atomic E-state index is 0.157. The van der Waals surface area contributed by atoms with E-state index in [2.05, 4.69) is 33.8 Å². The van der Waals surface area contributed by atoms with Gasteiger partial charge in [-0.15, -0.1) is 0 Å². The lowest BCUT2D eigenvalue weighted by Crippen LogP contribution is -2.54. The second-order valence-corrected chi connectivity index (χ2v) is 9.34. The lowest BCUT2D eigenvalue weighted by Gasteiger charge is -2.59. The smallest absolute Gasteiger partial charge is 0.138 e. The number of aliphatic hydroxyl groups excluding tert-OH is 2. The van der Waals surface area contributed by atoms with Crippen molar-refractivity contribution in [2.75, 3.05) is 6.61 Å². The monoisotopic (exact) mass is 320 g/mol. The molecule has 2 saturated carbocycles. The van der Waals surface area contributed by atoms with Crippen LogP contribution in [0.4, 0.5) is 0 Å². The van der Waals surface area contributed by atoms with Gasteiger partial charge in [0.2, 0.25) is 0 Å². The lowest BCUT2D eigenvalue weighted by atomic mass is 9.45. The summed E-state index contributed by atoms with van der Waals surface area (Å²) in [5, 5.41) is 19.6. The SMILES string of the molecule is CC1(C)C(=O)CC[C@@]2(C)[C@@H]3CC[C@](C)([C@H](O)CO)CC3=CC[C@H]12. The minimum atomic E-state index is -0.640. The second-order valence-electron chi connectivity index (χ2n) is 9.34. The van der Waals surface area contributed by atoms with E-state index in [9.17, 15) is 15.0 Å². The molecular weight excluding hydrogens is 288 g/mol. The van der Waals surface area contributed by atoms with Gasteiger partial charge in [-0.05, 0) is 54.8 Å². The first-order valence-corrected chi connectivity index (χ1v) is 9.16. The Bertz CT molecular complexity index is 535. The molecule has 2 N–H and O–H groups in total. The molecule has 2 fully saturated rings. The van der Waals surface area contributed by atoms with Crippen LogP contribution < -0.4 is 0 Å². The quantitative estimate of drug-likeness (QED) is 0.766. The van der Waals surface area contributed by atoms with Crippen LogP contribution >= 0.6 is 0 Å². The van der Waals surface area contributed by atoms with E-state index in [1.807, 2.05) is 0 Å². The Morgan fingerprint density at radius 2 is 1.96 bits per heavy atom. The Balaban J connectivity index is 1.92. The second kappa shape index (κ2) is 5.42. The third-order valence-corrected chi connectivity index (χ3v) is 7.73. The topological polar surface area (TPSA) is 57.5 Å². The fourth-order valence-electron chi connectivity index (χ4n) is 5.96. The molecular formula is C20H32O3. The number of rotatable bonds is 2. The van der Waals surface area contributed by atoms with Gasteiger partial charge in [-0.3, -0.25) is 4.79 Å². The highest BCUT2D eigenvalue weighted by atomic mass is 16.3. The van der Waals surface area contributed by atoms with E-state index < -0.39 is 6.10 Å². The van der Waals surface area contributed by atoms with Crippen LogP contribution in [0.1, 0.15) is 66.2 Å². The van der Waals surface area contributed by atoms with Crippen LogP contribution in [0.15, 0.2) is 11.6 Å². The van der Waals surface area contributed by atoms with E-state index in [1.165, 1.54) is 5.57 Å². The van der Waals surface area contributed by atoms with E-state index in [1.54, 1.807) is 0 Å². The summed E-state index contributed by atoms with van der Waals surface area (Å²) in [6.45, 7) is 8.62. The van der Waals surface area contributed by atoms with Gasteiger partial charge in [0.1, 0.15) is 5.78 Å². The number of fused-ring (bicyclic) bond motifs is 3. The molecule has 3 aliphatic rings. The molecule has 0 radical (unpaired) electrons. The first kappa shape index (κ1) is 17.2. The van der Waals surface area contributed by atoms with Gasteiger partial charge in [-0.2, -0.15) is 0 Å². The Morgan fingerprint density at radius 3 is 2.61 bits per heavy atom. The van der Waals surface area contributed by atoms with Crippen molar-refractivity contribution in [1.29, 1.82) is 0 Å². The van der Waals surface area contributed by atoms with Gasteiger partial charge in [0.05, 0.1) is 12.7 Å². The highest BCUT2D eigenvalue weighted by Gasteiger charge is 2.57. The van der Waals surface area contributed by atoms with Crippen molar-refractivity contribution in [3.8, 4) is 0 Å². The summed E-state index contributed by atoms with van der Waals surface area (Å²) in [7, 11) is 0. The lowest BCUT2D eigenvalue weighted by molar-refractivity contribution is -0.144. The maximum absolute atomic E-state index is 12.4. The number of Topliss-reactive ketones (excluding diaryl/α,β-unsaturated/α-hetero) is 1. The zero-order valence-corrected chi connectivity index (χ0v) is 15.1. The van der Waals surface area contributed by atoms with E-state index in [0.29, 0.717) is 24.0 Å². The molecule has 5 atom stereocenters. The van der Waals surface area contributed by atoms with Gasteiger partial charge in [-0.1, -0.05) is 39.3 Å². The number of hydrogen-bond donors (Lipinski definition) is 2. The van der Waals surface area contributed by atoms with Crippen molar-refractivity contribution >= 4 is 5.78 Å². The molecule has 0 amide bonds. The summed E-state index contributed by atoms with van der Waals surface area (Å²) in [4.78, 5) is 12.4. The normalized spacial score (nSPS) is 44.1. The molecule has 3 nitrogen and oxygen atoms in total. The van der Waals surface area contributed by atoms with Crippen LogP contribution in [0, 0.1) is 28.1 Å². The first-order chi connectivity index (χ1) is 10.6. The molecule has 0 aromatic carbocycles. The molecule has 0 spiro atoms. The molecule has 0 heterocycles. The van der Waals surface area contributed by atoms with Crippen molar-refractivity contribution in [2.24, 2.45) is 28.1 Å². The Labute approximate surface area is 140 Å². The molecule has 0 unspecified atom stereocenters. The number of carbonyl (C=O) groups is 1. The third-order valence-electron chi connectivity index (χ3n) is 7.73. The summed E-state index contributed by atoms with van der Waals surface area (Å²) in [6.07, 6.45) is 7.31. The summed E-state index contributed by atoms with van der Waals surface area (Å²) < 4.78 is 0. The zero-order valence-electron chi connectivity index (χ0n) is 15.1. The van der Waals surface area contributed by atoms with Crippen molar-refractivity contribution in [3.63, 3.8) is 0 Å². The first-order valence-electron chi connectivity index (χ1n) is 9.16. The number of allylic oxidation sites excluding steroid dienone is 2. The predicted octanol–water partition coefficient (Wildman–Crippen LogP) is 3.49. The maximum atomic E-state index is 12.4. The van der Waals surface area contributed by atoms with Gasteiger partial charge in [0, 0.05) is 11.8 Å². The van der Waals surface area contributed by atoms with Gasteiger partial charge in [0.25, 0.3) is 0 Å². The number of aliphatic hydroxyl groups is 2. The van der Waals surface area contributed by atoms with Crippen molar-refractivity contribution in [3.05, 3.63) is 11.6 Å². The van der Waals surface area contributed by atoms with Crippen molar-refractivity contribution in [2.45, 2.75) is 72.3 Å². The van der Waals surface area contributed by atoms with Gasteiger partial charge in [-0.25, -0.2) is 0 Å². The van der Waals surface area contributed by atoms with E-state index in [0.717, 1.165) is 32.1 Å². The molecule has 3 heteroatoms. The average molecular weight is 320 g/mol. The standard InChI is InChI=1S/C20H32O3/c1-18(2)15-6-5-13-11-19(3,17(23)12-21)9-7-14(13)20(15,4)10-8-16(18)22/h5,14-15,17,21,23H,6-12H2,1-4H3/t14-,15-,17-,19+,20+/m1/s1. The van der Waals surface area contributed by atoms with Crippen LogP contribution in [-0.2, 0) is 4.79 Å². The summed E-state index contributed by atoms with van der Waals surface area (Å²) in [5.41, 5.74) is 1.24. The molecule has 0 aliphatic heterocycles. The summed E-state index contributed by atoms with van der Waals surface area (Å²) in [6, 6.07) is 0. The Morgan fingerprint density at radius 1 is 1.26 bits per heavy atom. The average Bonchev–Trinajstić information content (AvgIpc) is 2.50. The maximum Gasteiger partial charge on any atom is 0.138 e. The highest BCUT2D eigenvalue weighted by molar-refractivity contribution is 5.85. The molecule has 0 aromatic rings. The Hall–Kier alpha value is -0.670. The zero-order chi connectivity index (χ0) is 17.0. The number of carbonyl (C=O) groups excluding carboxylic acids is 1. The van der Waals surface area contributed by atoms with Crippen LogP contribution in [-0.4, -0.2) is 28.7 Å². The van der Waals surface area contributed by atoms with Gasteiger partial charge >= 0.3 is 0 Å². The van der Waals surface area contributed by atoms with Crippen molar-refractivity contribution in [1.82, 2.24) is 0 Å². The molecule has 3 rings (SSSR count). The number of ketones is 1. The molecule has 0 aromatic heterocycles. The summed E-state index contributed by atoms with van der Waals surface area (Å²) >= 11 is 0. The fourth-order valence-corrected chi connectivity index (χ4v) is 5.96. The third kappa shape index (κ3) is 2.42. The molecule has 130 valence electrons. The molecule has 23 heavy (non-hydrogen) atoms. The molecule has 3 aliphatic carbocycles. The van der Waals surface area contributed by atoms with Crippen LogP contribution in [0.2, 0.25) is 0 Å². The van der Waals surface area contributed by atoms with Crippen LogP contribution in [0.3, 0.4) is 0 Å². The van der Waals surface area contributed by atoms with Crippen molar-refractivity contribution < 1.29 is 15.0 Å². The van der Waals surface area contributed by atoms with Gasteiger partial charge < -0.3 is 10.2 Å². The number of hydrogen-bond acceptors (Lipinski definition) is 3. The van der Waals surface area contributed by atoms with E-state index >= 15 is 0 Å². The van der Waals surface area contributed by atoms with Gasteiger partial charge in [0.15, 0.2) is 0 Å². The molecule has 0 saturated heterocycles. The summed E-state index contributed by atoms with van der Waals surface area (Å²) in [5.74, 6) is 1.39. The fraction of sp³-hybridized carbons (Fsp3) is 0.850. The van der Waals surface area contributed by atoms with E-state index in [-0.39, 0.29) is 22.9 Å². The minimum Gasteiger partial charge on any atom is -0.394 e. The highest BCUT2D eigenvalue weighted by Crippen LogP contribution is 2.62. The van der Waals surface area contributed by atoms with Crippen LogP contribution in [0.25, 0.3) is 0 Å². The van der Waals surface area contributed by atoms with E-state index in [4.69, 9.17) is 0 Å².